The first-order chi connectivity index (χ1) is 19.3. The van der Waals surface area contributed by atoms with Gasteiger partial charge in [-0.05, 0) is 89.1 Å². The van der Waals surface area contributed by atoms with Crippen molar-refractivity contribution < 1.29 is 9.59 Å². The highest BCUT2D eigenvalue weighted by Gasteiger charge is 2.19. The largest absolute Gasteiger partial charge is 0.291 e. The highest BCUT2D eigenvalue weighted by molar-refractivity contribution is 5.96. The predicted octanol–water partition coefficient (Wildman–Crippen LogP) is 7.90. The van der Waals surface area contributed by atoms with Crippen molar-refractivity contribution in [2.75, 3.05) is 20.9 Å². The second kappa shape index (κ2) is 13.5. The number of anilines is 4. The van der Waals surface area contributed by atoms with E-state index in [9.17, 15) is 9.59 Å². The topological polar surface area (TPSA) is 64.7 Å². The van der Waals surface area contributed by atoms with Crippen LogP contribution in [0, 0.1) is 27.7 Å². The maximum absolute atomic E-state index is 13.4. The van der Waals surface area contributed by atoms with Crippen molar-refractivity contribution in [3.8, 4) is 0 Å². The summed E-state index contributed by atoms with van der Waals surface area (Å²) in [5, 5.41) is 3.20. The molecule has 0 unspecified atom stereocenters. The van der Waals surface area contributed by atoms with Crippen LogP contribution in [0.2, 0.25) is 0 Å². The second-order valence-corrected chi connectivity index (χ2v) is 10.3. The number of unbranched alkanes of at least 4 members (excludes halogenated alkanes) is 1. The van der Waals surface area contributed by atoms with Gasteiger partial charge in [-0.25, -0.2) is 10.0 Å². The van der Waals surface area contributed by atoms with E-state index in [0.717, 1.165) is 45.0 Å². The molecule has 0 atom stereocenters. The zero-order chi connectivity index (χ0) is 28.5. The molecule has 206 valence electrons. The van der Waals surface area contributed by atoms with Crippen LogP contribution in [0.3, 0.4) is 0 Å². The molecule has 0 aliphatic rings. The molecule has 0 aromatic heterocycles. The minimum atomic E-state index is -0.0509. The van der Waals surface area contributed by atoms with Crippen LogP contribution in [0.1, 0.15) is 47.9 Å². The van der Waals surface area contributed by atoms with Crippen LogP contribution >= 0.6 is 0 Å². The molecule has 4 aromatic carbocycles. The predicted molar refractivity (Wildman–Crippen MR) is 165 cm³/mol. The molecule has 0 aliphatic carbocycles. The molecule has 6 nitrogen and oxygen atoms in total. The van der Waals surface area contributed by atoms with Gasteiger partial charge in [-0.15, -0.1) is 0 Å². The summed E-state index contributed by atoms with van der Waals surface area (Å²) >= 11 is 0. The maximum atomic E-state index is 13.4. The van der Waals surface area contributed by atoms with Crippen molar-refractivity contribution in [1.82, 2.24) is 0 Å². The lowest BCUT2D eigenvalue weighted by molar-refractivity contribution is -0.120. The molecule has 4 rings (SSSR count). The third-order valence-corrected chi connectivity index (χ3v) is 6.70. The van der Waals surface area contributed by atoms with Gasteiger partial charge in [0, 0.05) is 12.8 Å². The number of carbonyl (C=O) groups excluding carboxylic acids is 2. The van der Waals surface area contributed by atoms with Crippen LogP contribution in [0.5, 0.6) is 0 Å². The first-order valence-electron chi connectivity index (χ1n) is 13.7. The van der Waals surface area contributed by atoms with E-state index >= 15 is 0 Å². The average molecular weight is 535 g/mol. The van der Waals surface area contributed by atoms with Crippen LogP contribution < -0.4 is 20.9 Å². The number of hydrazine groups is 2. The number of rotatable bonds is 11. The van der Waals surface area contributed by atoms with Gasteiger partial charge < -0.3 is 0 Å². The van der Waals surface area contributed by atoms with Crippen LogP contribution in [-0.4, -0.2) is 11.8 Å². The number of carbonyl (C=O) groups is 2. The Bertz CT molecular complexity index is 1290. The lowest BCUT2D eigenvalue weighted by Gasteiger charge is -2.26. The fourth-order valence-electron chi connectivity index (χ4n) is 4.22. The Balaban J connectivity index is 1.39. The molecule has 40 heavy (non-hydrogen) atoms. The third kappa shape index (κ3) is 7.96. The summed E-state index contributed by atoms with van der Waals surface area (Å²) in [6.07, 6.45) is 1.81. The zero-order valence-corrected chi connectivity index (χ0v) is 23.8. The van der Waals surface area contributed by atoms with Gasteiger partial charge in [0.25, 0.3) is 0 Å². The van der Waals surface area contributed by atoms with Crippen molar-refractivity contribution in [3.05, 3.63) is 119 Å². The van der Waals surface area contributed by atoms with Gasteiger partial charge in [-0.1, -0.05) is 70.8 Å². The van der Waals surface area contributed by atoms with E-state index in [2.05, 4.69) is 10.9 Å². The Morgan fingerprint density at radius 2 is 0.750 bits per heavy atom. The third-order valence-electron chi connectivity index (χ3n) is 6.70. The molecule has 4 aromatic rings. The summed E-state index contributed by atoms with van der Waals surface area (Å²) in [4.78, 5) is 26.7. The van der Waals surface area contributed by atoms with Gasteiger partial charge in [-0.2, -0.15) is 0 Å². The van der Waals surface area contributed by atoms with Gasteiger partial charge in [0.2, 0.25) is 11.8 Å². The molecule has 0 saturated carbocycles. The van der Waals surface area contributed by atoms with Crippen molar-refractivity contribution >= 4 is 34.6 Å². The summed E-state index contributed by atoms with van der Waals surface area (Å²) < 4.78 is 0. The fraction of sp³-hybridized carbons (Fsp3) is 0.235. The number of nitrogens with zero attached hydrogens (tertiary/aromatic N) is 2. The lowest BCUT2D eigenvalue weighted by atomic mass is 10.1. The average Bonchev–Trinajstić information content (AvgIpc) is 2.95. The molecule has 6 heteroatoms. The fourth-order valence-corrected chi connectivity index (χ4v) is 4.22. The van der Waals surface area contributed by atoms with Gasteiger partial charge in [-0.3, -0.25) is 20.4 Å². The van der Waals surface area contributed by atoms with E-state index < -0.39 is 0 Å². The van der Waals surface area contributed by atoms with Crippen molar-refractivity contribution in [1.29, 1.82) is 0 Å². The quantitative estimate of drug-likeness (QED) is 0.152. The van der Waals surface area contributed by atoms with Crippen molar-refractivity contribution in [3.63, 3.8) is 0 Å². The van der Waals surface area contributed by atoms with E-state index in [-0.39, 0.29) is 11.8 Å². The first kappa shape index (κ1) is 28.4. The number of hydrogen-bond donors (Lipinski definition) is 2. The van der Waals surface area contributed by atoms with E-state index in [4.69, 9.17) is 0 Å². The Hall–Kier alpha value is -4.58. The van der Waals surface area contributed by atoms with E-state index in [1.165, 1.54) is 0 Å². The zero-order valence-electron chi connectivity index (χ0n) is 23.8. The summed E-state index contributed by atoms with van der Waals surface area (Å²) in [5.41, 5.74) is 14.3. The summed E-state index contributed by atoms with van der Waals surface area (Å²) in [6.45, 7) is 8.11. The standard InChI is InChI=1S/C34H38N4O2/c1-25-9-17-29(18-10-25)35-37(31-21-13-27(3)14-22-31)33(39)7-5-6-8-34(40)38(32-23-15-28(4)16-24-32)36-30-19-11-26(2)12-20-30/h9-24,35-36H,5-8H2,1-4H3. The number of nitrogens with one attached hydrogen (secondary N) is 2. The Labute approximate surface area is 237 Å². The minimum absolute atomic E-state index is 0.0509. The number of benzene rings is 4. The minimum Gasteiger partial charge on any atom is -0.291 e. The molecule has 0 spiro atoms. The first-order valence-corrected chi connectivity index (χ1v) is 13.7. The maximum Gasteiger partial charge on any atom is 0.245 e. The summed E-state index contributed by atoms with van der Waals surface area (Å²) in [5.74, 6) is -0.102. The van der Waals surface area contributed by atoms with Gasteiger partial charge in [0.1, 0.15) is 0 Å². The molecule has 0 bridgehead atoms. The molecule has 0 radical (unpaired) electrons. The van der Waals surface area contributed by atoms with Gasteiger partial charge in [0.15, 0.2) is 0 Å². The molecule has 0 heterocycles. The monoisotopic (exact) mass is 534 g/mol. The SMILES string of the molecule is Cc1ccc(NN(C(=O)CCCCC(=O)N(Nc2ccc(C)cc2)c2ccc(C)cc2)c2ccc(C)cc2)cc1. The molecule has 0 saturated heterocycles. The smallest absolute Gasteiger partial charge is 0.245 e. The van der Waals surface area contributed by atoms with Gasteiger partial charge in [0.05, 0.1) is 22.7 Å². The number of hydrogen-bond acceptors (Lipinski definition) is 4. The molecular weight excluding hydrogens is 496 g/mol. The van der Waals surface area contributed by atoms with E-state index in [1.807, 2.05) is 125 Å². The molecular formula is C34H38N4O2. The molecule has 2 N–H and O–H groups in total. The second-order valence-electron chi connectivity index (χ2n) is 10.3. The van der Waals surface area contributed by atoms with E-state index in [1.54, 1.807) is 10.0 Å². The highest BCUT2D eigenvalue weighted by atomic mass is 16.2. The van der Waals surface area contributed by atoms with Gasteiger partial charge >= 0.3 is 0 Å². The number of amides is 2. The summed E-state index contributed by atoms with van der Waals surface area (Å²) in [6, 6.07) is 31.6. The normalized spacial score (nSPS) is 10.6. The van der Waals surface area contributed by atoms with E-state index in [0.29, 0.717) is 25.7 Å². The number of aryl methyl sites for hydroxylation is 4. The molecule has 2 amide bonds. The van der Waals surface area contributed by atoms with Crippen LogP contribution in [0.4, 0.5) is 22.7 Å². The van der Waals surface area contributed by atoms with Crippen molar-refractivity contribution in [2.45, 2.75) is 53.4 Å². The summed E-state index contributed by atoms with van der Waals surface area (Å²) in [7, 11) is 0. The highest BCUT2D eigenvalue weighted by Crippen LogP contribution is 2.22. The Morgan fingerprint density at radius 1 is 0.475 bits per heavy atom. The molecule has 0 fully saturated rings. The Morgan fingerprint density at radius 3 is 1.05 bits per heavy atom. The van der Waals surface area contributed by atoms with Crippen molar-refractivity contribution in [2.24, 2.45) is 0 Å². The van der Waals surface area contributed by atoms with Crippen LogP contribution in [0.25, 0.3) is 0 Å². The Kier molecular flexibility index (Phi) is 9.57. The van der Waals surface area contributed by atoms with Crippen LogP contribution in [0.15, 0.2) is 97.1 Å². The molecule has 0 aliphatic heterocycles. The lowest BCUT2D eigenvalue weighted by Crippen LogP contribution is -2.37. The van der Waals surface area contributed by atoms with Crippen LogP contribution in [-0.2, 0) is 9.59 Å².